The fraction of sp³-hybridized carbons (Fsp3) is 0.185. The van der Waals surface area contributed by atoms with E-state index in [1.54, 1.807) is 35.7 Å². The van der Waals surface area contributed by atoms with Crippen molar-refractivity contribution in [2.24, 2.45) is 5.73 Å². The van der Waals surface area contributed by atoms with Crippen LogP contribution in [0.1, 0.15) is 35.1 Å². The number of carbonyl (C=O) groups is 2. The number of carbonyl (C=O) groups excluding carboxylic acids is 2. The highest BCUT2D eigenvalue weighted by Gasteiger charge is 2.20. The van der Waals surface area contributed by atoms with Crippen molar-refractivity contribution in [3.05, 3.63) is 89.7 Å². The zero-order chi connectivity index (χ0) is 25.5. The number of rotatable bonds is 10. The Hall–Kier alpha value is -3.82. The first-order valence-electron chi connectivity index (χ1n) is 11.5. The molecule has 0 aliphatic heterocycles. The third kappa shape index (κ3) is 7.12. The quantitative estimate of drug-likeness (QED) is 0.111. The summed E-state index contributed by atoms with van der Waals surface area (Å²) in [4.78, 5) is 36.0. The van der Waals surface area contributed by atoms with Crippen LogP contribution in [0.25, 0.3) is 11.0 Å². The van der Waals surface area contributed by atoms with Gasteiger partial charge in [-0.1, -0.05) is 30.3 Å². The number of nitrogens with two attached hydrogens (primary N) is 1. The normalized spacial score (nSPS) is 10.5. The number of aromatic amines is 1. The number of nitrogens with one attached hydrogen (secondary N) is 2. The van der Waals surface area contributed by atoms with E-state index in [0.29, 0.717) is 29.2 Å². The first kappa shape index (κ1) is 27.8. The molecule has 0 fully saturated rings. The van der Waals surface area contributed by atoms with Crippen LogP contribution in [0.15, 0.2) is 77.7 Å². The summed E-state index contributed by atoms with van der Waals surface area (Å²) in [5.41, 5.74) is 8.95. The monoisotopic (exact) mass is 537 g/mol. The molecule has 3 aromatic carbocycles. The van der Waals surface area contributed by atoms with Crippen molar-refractivity contribution in [1.29, 1.82) is 5.41 Å². The molecule has 1 amide bonds. The number of amidine groups is 1. The third-order valence-corrected chi connectivity index (χ3v) is 6.50. The average molecular weight is 538 g/mol. The molecule has 0 radical (unpaired) electrons. The lowest BCUT2D eigenvalue weighted by atomic mass is 10.1. The number of hydrogen-bond acceptors (Lipinski definition) is 6. The number of nitrogens with zero attached hydrogens (tertiary/aromatic N) is 2. The zero-order valence-electron chi connectivity index (χ0n) is 20.3. The Morgan fingerprint density at radius 1 is 1.05 bits per heavy atom. The van der Waals surface area contributed by atoms with Gasteiger partial charge in [-0.3, -0.25) is 15.0 Å². The lowest BCUT2D eigenvalue weighted by Crippen LogP contribution is -2.33. The number of halogens is 1. The average Bonchev–Trinajstić information content (AvgIpc) is 3.31. The number of anilines is 1. The van der Waals surface area contributed by atoms with Gasteiger partial charge in [0.2, 0.25) is 0 Å². The second-order valence-electron chi connectivity index (χ2n) is 7.99. The van der Waals surface area contributed by atoms with Gasteiger partial charge in [0.25, 0.3) is 5.91 Å². The van der Waals surface area contributed by atoms with E-state index in [4.69, 9.17) is 15.9 Å². The summed E-state index contributed by atoms with van der Waals surface area (Å²) < 4.78 is 5.04. The van der Waals surface area contributed by atoms with Gasteiger partial charge in [-0.2, -0.15) is 0 Å². The molecule has 8 nitrogen and oxygen atoms in total. The van der Waals surface area contributed by atoms with Crippen molar-refractivity contribution >= 4 is 58.6 Å². The molecule has 10 heteroatoms. The van der Waals surface area contributed by atoms with Crippen LogP contribution in [0.2, 0.25) is 0 Å². The van der Waals surface area contributed by atoms with Crippen molar-refractivity contribution in [1.82, 2.24) is 9.97 Å². The molecule has 37 heavy (non-hydrogen) atoms. The van der Waals surface area contributed by atoms with Crippen LogP contribution in [-0.2, 0) is 15.3 Å². The molecule has 4 N–H and O–H groups in total. The number of aromatic nitrogens is 2. The number of imidazole rings is 1. The molecular formula is C27H28ClN5O3S. The van der Waals surface area contributed by atoms with Crippen molar-refractivity contribution in [2.45, 2.75) is 24.0 Å². The standard InChI is InChI=1S/C27H27N5O3S.ClH/c1-2-35-25(33)14-15-32(20-6-4-3-5-7-20)27(34)19-10-13-22-23(16-19)31-24(30-22)17-36-21-11-8-18(9-12-21)26(28)29;/h3-13,16H,2,14-15,17H2,1H3,(H3,28,29)(H,30,31);1H. The van der Waals surface area contributed by atoms with Gasteiger partial charge in [-0.15, -0.1) is 24.2 Å². The van der Waals surface area contributed by atoms with Gasteiger partial charge in [0, 0.05) is 28.3 Å². The first-order chi connectivity index (χ1) is 17.4. The van der Waals surface area contributed by atoms with Crippen molar-refractivity contribution in [2.75, 3.05) is 18.1 Å². The fourth-order valence-corrected chi connectivity index (χ4v) is 4.46. The molecular weight excluding hydrogens is 510 g/mol. The maximum atomic E-state index is 13.5. The van der Waals surface area contributed by atoms with Gasteiger partial charge in [0.1, 0.15) is 11.7 Å². The number of para-hydroxylation sites is 1. The number of nitrogen functional groups attached to an aromatic ring is 1. The Morgan fingerprint density at radius 2 is 1.76 bits per heavy atom. The SMILES string of the molecule is CCOC(=O)CCN(C(=O)c1ccc2nc(CSc3ccc(C(=N)N)cc3)[nH]c2c1)c1ccccc1.Cl. The smallest absolute Gasteiger partial charge is 0.307 e. The Labute approximate surface area is 225 Å². The van der Waals surface area contributed by atoms with E-state index in [2.05, 4.69) is 9.97 Å². The molecule has 0 saturated carbocycles. The molecule has 4 rings (SSSR count). The maximum Gasteiger partial charge on any atom is 0.307 e. The summed E-state index contributed by atoms with van der Waals surface area (Å²) in [6.07, 6.45) is 0.107. The van der Waals surface area contributed by atoms with Gasteiger partial charge >= 0.3 is 5.97 Å². The fourth-order valence-electron chi connectivity index (χ4n) is 3.69. The number of amides is 1. The first-order valence-corrected chi connectivity index (χ1v) is 12.5. The number of H-pyrrole nitrogens is 1. The van der Waals surface area contributed by atoms with Crippen LogP contribution in [0, 0.1) is 5.41 Å². The summed E-state index contributed by atoms with van der Waals surface area (Å²) in [5.74, 6) is 0.905. The van der Waals surface area contributed by atoms with Crippen molar-refractivity contribution in [3.8, 4) is 0 Å². The summed E-state index contributed by atoms with van der Waals surface area (Å²) in [5, 5.41) is 7.49. The van der Waals surface area contributed by atoms with Crippen LogP contribution >= 0.6 is 24.2 Å². The summed E-state index contributed by atoms with van der Waals surface area (Å²) >= 11 is 1.61. The van der Waals surface area contributed by atoms with Crippen LogP contribution in [-0.4, -0.2) is 40.8 Å². The number of ether oxygens (including phenoxy) is 1. The molecule has 4 aromatic rings. The number of fused-ring (bicyclic) bond motifs is 1. The van der Waals surface area contributed by atoms with E-state index in [9.17, 15) is 9.59 Å². The summed E-state index contributed by atoms with van der Waals surface area (Å²) in [6.45, 7) is 2.28. The Morgan fingerprint density at radius 3 is 2.43 bits per heavy atom. The molecule has 1 aromatic heterocycles. The molecule has 0 aliphatic carbocycles. The second kappa shape index (κ2) is 12.9. The lowest BCUT2D eigenvalue weighted by Gasteiger charge is -2.22. The molecule has 0 aliphatic rings. The minimum absolute atomic E-state index is 0. The summed E-state index contributed by atoms with van der Waals surface area (Å²) in [7, 11) is 0. The summed E-state index contributed by atoms with van der Waals surface area (Å²) in [6, 6.07) is 22.1. The maximum absolute atomic E-state index is 13.5. The van der Waals surface area contributed by atoms with E-state index in [1.165, 1.54) is 0 Å². The number of hydrogen-bond donors (Lipinski definition) is 3. The van der Waals surface area contributed by atoms with E-state index < -0.39 is 0 Å². The van der Waals surface area contributed by atoms with Gasteiger partial charge in [-0.05, 0) is 49.4 Å². The molecule has 0 atom stereocenters. The zero-order valence-corrected chi connectivity index (χ0v) is 21.9. The lowest BCUT2D eigenvalue weighted by molar-refractivity contribution is -0.142. The van der Waals surface area contributed by atoms with E-state index in [0.717, 1.165) is 21.8 Å². The van der Waals surface area contributed by atoms with Crippen LogP contribution < -0.4 is 10.6 Å². The third-order valence-electron chi connectivity index (χ3n) is 5.48. The van der Waals surface area contributed by atoms with E-state index in [1.807, 2.05) is 60.7 Å². The van der Waals surface area contributed by atoms with Gasteiger partial charge in [0.15, 0.2) is 0 Å². The molecule has 1 heterocycles. The molecule has 0 saturated heterocycles. The molecule has 0 spiro atoms. The van der Waals surface area contributed by atoms with E-state index >= 15 is 0 Å². The molecule has 192 valence electrons. The molecule has 0 bridgehead atoms. The van der Waals surface area contributed by atoms with Gasteiger partial charge in [-0.25, -0.2) is 4.98 Å². The number of thioether (sulfide) groups is 1. The van der Waals surface area contributed by atoms with Gasteiger partial charge < -0.3 is 20.4 Å². The molecule has 0 unspecified atom stereocenters. The number of esters is 1. The second-order valence-corrected chi connectivity index (χ2v) is 9.04. The van der Waals surface area contributed by atoms with Crippen LogP contribution in [0.5, 0.6) is 0 Å². The Bertz CT molecular complexity index is 1380. The minimum atomic E-state index is -0.340. The highest BCUT2D eigenvalue weighted by atomic mass is 35.5. The van der Waals surface area contributed by atoms with Gasteiger partial charge in [0.05, 0.1) is 29.8 Å². The van der Waals surface area contributed by atoms with Crippen molar-refractivity contribution < 1.29 is 14.3 Å². The number of benzene rings is 3. The van der Waals surface area contributed by atoms with Crippen LogP contribution in [0.4, 0.5) is 5.69 Å². The van der Waals surface area contributed by atoms with Crippen LogP contribution in [0.3, 0.4) is 0 Å². The Balaban J connectivity index is 0.00000380. The highest BCUT2D eigenvalue weighted by molar-refractivity contribution is 7.98. The predicted molar refractivity (Wildman–Crippen MR) is 150 cm³/mol. The highest BCUT2D eigenvalue weighted by Crippen LogP contribution is 2.25. The van der Waals surface area contributed by atoms with Crippen molar-refractivity contribution in [3.63, 3.8) is 0 Å². The Kier molecular flexibility index (Phi) is 9.71. The van der Waals surface area contributed by atoms with E-state index in [-0.39, 0.29) is 43.1 Å². The largest absolute Gasteiger partial charge is 0.466 e. The minimum Gasteiger partial charge on any atom is -0.466 e. The topological polar surface area (TPSA) is 125 Å². The predicted octanol–water partition coefficient (Wildman–Crippen LogP) is 5.16.